The maximum absolute atomic E-state index is 6.23. The summed E-state index contributed by atoms with van der Waals surface area (Å²) in [7, 11) is 3.41. The first-order valence-electron chi connectivity index (χ1n) is 7.20. The highest BCUT2D eigenvalue weighted by Gasteiger charge is 2.11. The summed E-state index contributed by atoms with van der Waals surface area (Å²) in [6.07, 6.45) is 0. The van der Waals surface area contributed by atoms with Gasteiger partial charge in [0, 0.05) is 25.9 Å². The lowest BCUT2D eigenvalue weighted by molar-refractivity contribution is 0.310. The fourth-order valence-corrected chi connectivity index (χ4v) is 3.03. The molecule has 0 fully saturated rings. The molecule has 0 unspecified atom stereocenters. The molecule has 0 aliphatic heterocycles. The lowest BCUT2D eigenvalue weighted by Gasteiger charge is -2.13. The number of tetrazole rings is 1. The Bertz CT molecular complexity index is 638. The minimum Gasteiger partial charge on any atom is -0.491 e. The van der Waals surface area contributed by atoms with Gasteiger partial charge in [0.25, 0.3) is 0 Å². The van der Waals surface area contributed by atoms with Gasteiger partial charge < -0.3 is 14.8 Å². The number of nitrogens with zero attached hydrogens (tertiary/aromatic N) is 4. The van der Waals surface area contributed by atoms with Crippen LogP contribution in [0.1, 0.15) is 12.5 Å². The zero-order chi connectivity index (χ0) is 16.7. The molecule has 1 heterocycles. The minimum absolute atomic E-state index is 0.551. The normalized spacial score (nSPS) is 10.8. The number of nitrogens with one attached hydrogen (secondary N) is 1. The first kappa shape index (κ1) is 17.8. The monoisotopic (exact) mass is 357 g/mol. The van der Waals surface area contributed by atoms with Crippen molar-refractivity contribution in [3.63, 3.8) is 0 Å². The van der Waals surface area contributed by atoms with E-state index < -0.39 is 0 Å². The Labute approximate surface area is 144 Å². The van der Waals surface area contributed by atoms with Crippen molar-refractivity contribution in [1.82, 2.24) is 25.5 Å². The van der Waals surface area contributed by atoms with Crippen LogP contribution in [0.25, 0.3) is 0 Å². The topological polar surface area (TPSA) is 74.1 Å². The quantitative estimate of drug-likeness (QED) is 0.544. The van der Waals surface area contributed by atoms with Crippen LogP contribution in [0.15, 0.2) is 17.3 Å². The van der Waals surface area contributed by atoms with Crippen LogP contribution in [0.2, 0.25) is 5.02 Å². The molecular weight excluding hydrogens is 338 g/mol. The highest BCUT2D eigenvalue weighted by atomic mass is 35.5. The highest BCUT2D eigenvalue weighted by Crippen LogP contribution is 2.36. The van der Waals surface area contributed by atoms with Crippen molar-refractivity contribution in [3.8, 4) is 11.5 Å². The van der Waals surface area contributed by atoms with Crippen molar-refractivity contribution in [2.75, 3.05) is 26.0 Å². The second kappa shape index (κ2) is 8.95. The van der Waals surface area contributed by atoms with Crippen molar-refractivity contribution < 1.29 is 9.47 Å². The van der Waals surface area contributed by atoms with E-state index in [1.165, 1.54) is 0 Å². The van der Waals surface area contributed by atoms with E-state index >= 15 is 0 Å². The molecule has 9 heteroatoms. The fraction of sp³-hybridized carbons (Fsp3) is 0.500. The molecule has 7 nitrogen and oxygen atoms in total. The second-order valence-corrected chi connectivity index (χ2v) is 6.12. The Morgan fingerprint density at radius 1 is 1.39 bits per heavy atom. The average molecular weight is 358 g/mol. The summed E-state index contributed by atoms with van der Waals surface area (Å²) in [5.74, 6) is 2.11. The van der Waals surface area contributed by atoms with E-state index in [4.69, 9.17) is 21.1 Å². The standard InChI is InChI=1S/C14H20ClN5O2S/c1-4-22-12-8-10(7-11(15)13(12)21-3)9-16-5-6-23-14-17-18-19-20(14)2/h7-8,16H,4-6,9H2,1-3H3. The summed E-state index contributed by atoms with van der Waals surface area (Å²) in [6, 6.07) is 3.83. The van der Waals surface area contributed by atoms with Gasteiger partial charge in [0.2, 0.25) is 5.16 Å². The summed E-state index contributed by atoms with van der Waals surface area (Å²) in [6.45, 7) is 4.01. The smallest absolute Gasteiger partial charge is 0.209 e. The number of thioether (sulfide) groups is 1. The van der Waals surface area contributed by atoms with E-state index in [0.717, 1.165) is 23.0 Å². The van der Waals surface area contributed by atoms with Crippen molar-refractivity contribution in [3.05, 3.63) is 22.7 Å². The molecule has 0 amide bonds. The van der Waals surface area contributed by atoms with Gasteiger partial charge in [0.15, 0.2) is 11.5 Å². The Hall–Kier alpha value is -1.51. The summed E-state index contributed by atoms with van der Waals surface area (Å²) >= 11 is 7.84. The molecule has 126 valence electrons. The molecule has 0 aliphatic rings. The van der Waals surface area contributed by atoms with E-state index in [0.29, 0.717) is 29.7 Å². The van der Waals surface area contributed by atoms with Crippen molar-refractivity contribution in [2.45, 2.75) is 18.6 Å². The first-order valence-corrected chi connectivity index (χ1v) is 8.57. The largest absolute Gasteiger partial charge is 0.491 e. The maximum atomic E-state index is 6.23. The van der Waals surface area contributed by atoms with Gasteiger partial charge in [-0.15, -0.1) is 5.10 Å². The van der Waals surface area contributed by atoms with Gasteiger partial charge in [-0.1, -0.05) is 23.4 Å². The van der Waals surface area contributed by atoms with Gasteiger partial charge in [-0.05, 0) is 35.0 Å². The fourth-order valence-electron chi connectivity index (χ4n) is 1.98. The van der Waals surface area contributed by atoms with Crippen LogP contribution in [0, 0.1) is 0 Å². The molecule has 2 rings (SSSR count). The number of halogens is 1. The molecular formula is C14H20ClN5O2S. The van der Waals surface area contributed by atoms with Crippen LogP contribution in [0.4, 0.5) is 0 Å². The predicted molar refractivity (Wildman–Crippen MR) is 90.4 cm³/mol. The van der Waals surface area contributed by atoms with Crippen LogP contribution in [-0.4, -0.2) is 46.2 Å². The van der Waals surface area contributed by atoms with Gasteiger partial charge in [-0.2, -0.15) is 0 Å². The summed E-state index contributed by atoms with van der Waals surface area (Å²) < 4.78 is 12.5. The Morgan fingerprint density at radius 2 is 2.22 bits per heavy atom. The third-order valence-corrected chi connectivity index (χ3v) is 4.29. The molecule has 0 spiro atoms. The van der Waals surface area contributed by atoms with Gasteiger partial charge in [0.05, 0.1) is 18.7 Å². The number of hydrogen-bond acceptors (Lipinski definition) is 7. The molecule has 0 saturated carbocycles. The predicted octanol–water partition coefficient (Wildman–Crippen LogP) is 2.15. The van der Waals surface area contributed by atoms with Gasteiger partial charge in [-0.3, -0.25) is 0 Å². The summed E-state index contributed by atoms with van der Waals surface area (Å²) in [5, 5.41) is 16.0. The third kappa shape index (κ3) is 4.98. The van der Waals surface area contributed by atoms with Crippen LogP contribution in [0.3, 0.4) is 0 Å². The Morgan fingerprint density at radius 3 is 2.87 bits per heavy atom. The molecule has 1 N–H and O–H groups in total. The second-order valence-electron chi connectivity index (χ2n) is 4.65. The van der Waals surface area contributed by atoms with E-state index in [1.54, 1.807) is 23.6 Å². The number of benzene rings is 1. The number of aryl methyl sites for hydroxylation is 1. The number of methoxy groups -OCH3 is 1. The molecule has 0 radical (unpaired) electrons. The Balaban J connectivity index is 1.84. The lowest BCUT2D eigenvalue weighted by atomic mass is 10.2. The van der Waals surface area contributed by atoms with Gasteiger partial charge in [-0.25, -0.2) is 4.68 Å². The summed E-state index contributed by atoms with van der Waals surface area (Å²) in [4.78, 5) is 0. The molecule has 0 aliphatic carbocycles. The van der Waals surface area contributed by atoms with Gasteiger partial charge in [0.1, 0.15) is 0 Å². The van der Waals surface area contributed by atoms with Crippen molar-refractivity contribution in [2.24, 2.45) is 7.05 Å². The van der Waals surface area contributed by atoms with Gasteiger partial charge >= 0.3 is 0 Å². The molecule has 0 bridgehead atoms. The van der Waals surface area contributed by atoms with E-state index in [-0.39, 0.29) is 0 Å². The van der Waals surface area contributed by atoms with Crippen LogP contribution in [0.5, 0.6) is 11.5 Å². The lowest BCUT2D eigenvalue weighted by Crippen LogP contribution is -2.17. The summed E-state index contributed by atoms with van der Waals surface area (Å²) in [5.41, 5.74) is 1.05. The SMILES string of the molecule is CCOc1cc(CNCCSc2nnnn2C)cc(Cl)c1OC. The van der Waals surface area contributed by atoms with E-state index in [1.807, 2.05) is 26.1 Å². The number of aromatic nitrogens is 4. The molecule has 1 aromatic carbocycles. The highest BCUT2D eigenvalue weighted by molar-refractivity contribution is 7.99. The third-order valence-electron chi connectivity index (χ3n) is 2.99. The van der Waals surface area contributed by atoms with Crippen LogP contribution in [-0.2, 0) is 13.6 Å². The zero-order valence-corrected chi connectivity index (χ0v) is 14.9. The number of rotatable bonds is 9. The molecule has 2 aromatic rings. The average Bonchev–Trinajstić information content (AvgIpc) is 2.92. The maximum Gasteiger partial charge on any atom is 0.209 e. The molecule has 1 aromatic heterocycles. The van der Waals surface area contributed by atoms with Crippen LogP contribution < -0.4 is 14.8 Å². The minimum atomic E-state index is 0.551. The zero-order valence-electron chi connectivity index (χ0n) is 13.4. The molecule has 0 saturated heterocycles. The van der Waals surface area contributed by atoms with E-state index in [2.05, 4.69) is 20.8 Å². The Kier molecular flexibility index (Phi) is 6.94. The van der Waals surface area contributed by atoms with Crippen molar-refractivity contribution in [1.29, 1.82) is 0 Å². The molecule has 23 heavy (non-hydrogen) atoms. The van der Waals surface area contributed by atoms with Crippen LogP contribution >= 0.6 is 23.4 Å². The number of ether oxygens (including phenoxy) is 2. The first-order chi connectivity index (χ1) is 11.2. The van der Waals surface area contributed by atoms with E-state index in [9.17, 15) is 0 Å². The molecule has 0 atom stereocenters. The number of hydrogen-bond donors (Lipinski definition) is 1. The van der Waals surface area contributed by atoms with Crippen molar-refractivity contribution >= 4 is 23.4 Å².